The minimum atomic E-state index is -3.07. The molecule has 2 nitrogen and oxygen atoms in total. The summed E-state index contributed by atoms with van der Waals surface area (Å²) in [5.74, 6) is 0.285. The Balaban J connectivity index is 2.04. The van der Waals surface area contributed by atoms with Crippen LogP contribution >= 0.6 is 0 Å². The molecule has 0 bridgehead atoms. The van der Waals surface area contributed by atoms with Gasteiger partial charge >= 0.3 is 0 Å². The topological polar surface area (TPSA) is 34.1 Å². The van der Waals surface area contributed by atoms with Gasteiger partial charge in [0.2, 0.25) is 0 Å². The van der Waals surface area contributed by atoms with Gasteiger partial charge in [-0.1, -0.05) is 82.9 Å². The summed E-state index contributed by atoms with van der Waals surface area (Å²) in [6.45, 7) is 2.24. The second-order valence-corrected chi connectivity index (χ2v) is 7.92. The van der Waals surface area contributed by atoms with Crippen LogP contribution in [-0.4, -0.2) is 14.2 Å². The molecule has 120 valence electrons. The van der Waals surface area contributed by atoms with Gasteiger partial charge in [0.25, 0.3) is 0 Å². The summed E-state index contributed by atoms with van der Waals surface area (Å²) in [5, 5.41) is 0. The first-order chi connectivity index (χ1) is 10.2. The van der Waals surface area contributed by atoms with Crippen LogP contribution in [0.2, 0.25) is 0 Å². The molecular weight excluding hydrogens is 280 g/mol. The molecule has 3 heteroatoms. The maximum atomic E-state index is 12.1. The Kier molecular flexibility index (Phi) is 9.40. The molecule has 0 aliphatic heterocycles. The monoisotopic (exact) mass is 310 g/mol. The number of unbranched alkanes of at least 4 members (excludes halogenated alkanes) is 9. The molecule has 0 atom stereocenters. The molecule has 0 fully saturated rings. The maximum absolute atomic E-state index is 12.1. The van der Waals surface area contributed by atoms with Gasteiger partial charge < -0.3 is 0 Å². The summed E-state index contributed by atoms with van der Waals surface area (Å²) >= 11 is 0. The number of benzene rings is 1. The standard InChI is InChI=1S/C18H30O2S/c1-2-3-4-5-6-7-8-9-10-14-17-21(19,20)18-15-12-11-13-16-18/h11-13,15-16H,2-10,14,17H2,1H3. The van der Waals surface area contributed by atoms with E-state index in [-0.39, 0.29) is 5.75 Å². The lowest BCUT2D eigenvalue weighted by atomic mass is 10.1. The lowest BCUT2D eigenvalue weighted by Gasteiger charge is -2.04. The lowest BCUT2D eigenvalue weighted by molar-refractivity contribution is 0.558. The van der Waals surface area contributed by atoms with Crippen molar-refractivity contribution in [1.29, 1.82) is 0 Å². The van der Waals surface area contributed by atoms with Crippen LogP contribution in [0.3, 0.4) is 0 Å². The summed E-state index contributed by atoms with van der Waals surface area (Å²) in [5.41, 5.74) is 0. The van der Waals surface area contributed by atoms with Gasteiger partial charge in [-0.3, -0.25) is 0 Å². The summed E-state index contributed by atoms with van der Waals surface area (Å²) < 4.78 is 24.1. The van der Waals surface area contributed by atoms with E-state index < -0.39 is 9.84 Å². The van der Waals surface area contributed by atoms with Crippen LogP contribution in [0.4, 0.5) is 0 Å². The highest BCUT2D eigenvalue weighted by Crippen LogP contribution is 2.14. The van der Waals surface area contributed by atoms with Crippen molar-refractivity contribution in [3.8, 4) is 0 Å². The quantitative estimate of drug-likeness (QED) is 0.486. The third-order valence-corrected chi connectivity index (χ3v) is 5.69. The van der Waals surface area contributed by atoms with Crippen LogP contribution in [0.1, 0.15) is 71.1 Å². The van der Waals surface area contributed by atoms with Crippen molar-refractivity contribution in [2.75, 3.05) is 5.75 Å². The van der Waals surface area contributed by atoms with Crippen molar-refractivity contribution in [1.82, 2.24) is 0 Å². The fourth-order valence-electron chi connectivity index (χ4n) is 2.53. The van der Waals surface area contributed by atoms with Crippen LogP contribution in [-0.2, 0) is 9.84 Å². The highest BCUT2D eigenvalue weighted by molar-refractivity contribution is 7.91. The second-order valence-electron chi connectivity index (χ2n) is 5.81. The Labute approximate surface area is 130 Å². The van der Waals surface area contributed by atoms with Gasteiger partial charge in [0.15, 0.2) is 9.84 Å². The first-order valence-electron chi connectivity index (χ1n) is 8.44. The van der Waals surface area contributed by atoms with E-state index in [9.17, 15) is 8.42 Å². The molecule has 1 aromatic carbocycles. The fourth-order valence-corrected chi connectivity index (χ4v) is 3.92. The van der Waals surface area contributed by atoms with Crippen LogP contribution in [0, 0.1) is 0 Å². The molecule has 0 heterocycles. The lowest BCUT2D eigenvalue weighted by Crippen LogP contribution is -2.06. The van der Waals surface area contributed by atoms with Gasteiger partial charge in [-0.05, 0) is 18.6 Å². The molecule has 0 unspecified atom stereocenters. The average Bonchev–Trinajstić information content (AvgIpc) is 2.50. The number of rotatable bonds is 12. The molecule has 21 heavy (non-hydrogen) atoms. The average molecular weight is 311 g/mol. The molecule has 0 saturated carbocycles. The molecule has 1 aromatic rings. The van der Waals surface area contributed by atoms with Crippen molar-refractivity contribution in [2.45, 2.75) is 76.0 Å². The van der Waals surface area contributed by atoms with E-state index in [1.807, 2.05) is 6.07 Å². The molecule has 0 radical (unpaired) electrons. The zero-order valence-electron chi connectivity index (χ0n) is 13.4. The van der Waals surface area contributed by atoms with E-state index in [4.69, 9.17) is 0 Å². The third kappa shape index (κ3) is 8.25. The second kappa shape index (κ2) is 10.8. The Morgan fingerprint density at radius 1 is 0.714 bits per heavy atom. The Morgan fingerprint density at radius 3 is 1.71 bits per heavy atom. The minimum Gasteiger partial charge on any atom is -0.224 e. The molecule has 0 aliphatic carbocycles. The first-order valence-corrected chi connectivity index (χ1v) is 10.1. The Hall–Kier alpha value is -0.830. The predicted octanol–water partition coefficient (Wildman–Crippen LogP) is 5.38. The number of hydrogen-bond donors (Lipinski definition) is 0. The maximum Gasteiger partial charge on any atom is 0.178 e. The van der Waals surface area contributed by atoms with Crippen LogP contribution in [0.5, 0.6) is 0 Å². The SMILES string of the molecule is CCCCCCCCCCCCS(=O)(=O)c1ccccc1. The molecule has 0 N–H and O–H groups in total. The van der Waals surface area contributed by atoms with Crippen molar-refractivity contribution >= 4 is 9.84 Å². The van der Waals surface area contributed by atoms with Crippen molar-refractivity contribution < 1.29 is 8.42 Å². The molecular formula is C18H30O2S. The number of hydrogen-bond acceptors (Lipinski definition) is 2. The van der Waals surface area contributed by atoms with E-state index >= 15 is 0 Å². The summed E-state index contributed by atoms with van der Waals surface area (Å²) in [6.07, 6.45) is 12.2. The Morgan fingerprint density at radius 2 is 1.19 bits per heavy atom. The van der Waals surface area contributed by atoms with Crippen molar-refractivity contribution in [2.24, 2.45) is 0 Å². The highest BCUT2D eigenvalue weighted by Gasteiger charge is 2.12. The van der Waals surface area contributed by atoms with Gasteiger partial charge in [0.05, 0.1) is 10.6 Å². The highest BCUT2D eigenvalue weighted by atomic mass is 32.2. The summed E-state index contributed by atoms with van der Waals surface area (Å²) in [6, 6.07) is 8.79. The van der Waals surface area contributed by atoms with Gasteiger partial charge in [-0.15, -0.1) is 0 Å². The largest absolute Gasteiger partial charge is 0.224 e. The molecule has 0 spiro atoms. The predicted molar refractivity (Wildman–Crippen MR) is 90.3 cm³/mol. The minimum absolute atomic E-state index is 0.285. The zero-order chi connectivity index (χ0) is 15.4. The molecule has 0 aliphatic rings. The fraction of sp³-hybridized carbons (Fsp3) is 0.667. The van der Waals surface area contributed by atoms with Crippen LogP contribution < -0.4 is 0 Å². The third-order valence-electron chi connectivity index (χ3n) is 3.87. The van der Waals surface area contributed by atoms with Gasteiger partial charge in [-0.2, -0.15) is 0 Å². The van der Waals surface area contributed by atoms with Crippen molar-refractivity contribution in [3.05, 3.63) is 30.3 Å². The van der Waals surface area contributed by atoms with Crippen LogP contribution in [0.15, 0.2) is 35.2 Å². The molecule has 0 aromatic heterocycles. The van der Waals surface area contributed by atoms with Gasteiger partial charge in [0.1, 0.15) is 0 Å². The van der Waals surface area contributed by atoms with Gasteiger partial charge in [0, 0.05) is 0 Å². The van der Waals surface area contributed by atoms with E-state index in [1.54, 1.807) is 24.3 Å². The summed E-state index contributed by atoms with van der Waals surface area (Å²) in [7, 11) is -3.07. The Bertz CT molecular complexity index is 451. The first kappa shape index (κ1) is 18.2. The molecule has 1 rings (SSSR count). The normalized spacial score (nSPS) is 11.7. The molecule has 0 saturated heterocycles. The van der Waals surface area contributed by atoms with Crippen molar-refractivity contribution in [3.63, 3.8) is 0 Å². The summed E-state index contributed by atoms with van der Waals surface area (Å²) in [4.78, 5) is 0.459. The number of sulfone groups is 1. The van der Waals surface area contributed by atoms with E-state index in [2.05, 4.69) is 6.92 Å². The van der Waals surface area contributed by atoms with E-state index in [0.29, 0.717) is 4.90 Å². The van der Waals surface area contributed by atoms with E-state index in [1.165, 1.54) is 44.9 Å². The van der Waals surface area contributed by atoms with E-state index in [0.717, 1.165) is 19.3 Å². The van der Waals surface area contributed by atoms with Crippen LogP contribution in [0.25, 0.3) is 0 Å². The van der Waals surface area contributed by atoms with Gasteiger partial charge in [-0.25, -0.2) is 8.42 Å². The molecule has 0 amide bonds. The smallest absolute Gasteiger partial charge is 0.178 e. The zero-order valence-corrected chi connectivity index (χ0v) is 14.2.